The molecule has 0 atom stereocenters. The molecule has 2 heteroatoms. The van der Waals surface area contributed by atoms with Crippen molar-refractivity contribution < 1.29 is 4.74 Å². The van der Waals surface area contributed by atoms with E-state index in [9.17, 15) is 0 Å². The number of rotatable bonds is 0. The quantitative estimate of drug-likeness (QED) is 0.494. The third-order valence-corrected chi connectivity index (χ3v) is 2.23. The number of hydrogen-bond donors (Lipinski definition) is 0. The van der Waals surface area contributed by atoms with Crippen molar-refractivity contribution in [3.05, 3.63) is 0 Å². The summed E-state index contributed by atoms with van der Waals surface area (Å²) in [5.74, 6) is 2.53. The third kappa shape index (κ3) is 2.58. The average Bonchev–Trinajstić information content (AvgIpc) is 1.62. The third-order valence-electron chi connectivity index (χ3n) is 1.20. The first kappa shape index (κ1) is 6.43. The molecule has 1 saturated heterocycles. The van der Waals surface area contributed by atoms with Crippen molar-refractivity contribution in [3.8, 4) is 0 Å². The standard InChI is InChI=1S/C6H12OS/c1-2-5-8-6-4-7-3-1/h1-6H2. The fourth-order valence-electron chi connectivity index (χ4n) is 0.730. The van der Waals surface area contributed by atoms with Gasteiger partial charge in [0.1, 0.15) is 0 Å². The van der Waals surface area contributed by atoms with E-state index in [-0.39, 0.29) is 0 Å². The van der Waals surface area contributed by atoms with Crippen LogP contribution in [0.3, 0.4) is 0 Å². The molecule has 0 unspecified atom stereocenters. The number of hydrogen-bond acceptors (Lipinski definition) is 2. The van der Waals surface area contributed by atoms with Crippen LogP contribution in [0.4, 0.5) is 0 Å². The normalized spacial score (nSPS) is 24.0. The molecule has 1 aliphatic rings. The summed E-state index contributed by atoms with van der Waals surface area (Å²) in [5.41, 5.74) is 0. The van der Waals surface area contributed by atoms with E-state index >= 15 is 0 Å². The smallest absolute Gasteiger partial charge is 0.0556 e. The maximum Gasteiger partial charge on any atom is 0.0556 e. The summed E-state index contributed by atoms with van der Waals surface area (Å²) >= 11 is 2.00. The molecule has 0 N–H and O–H groups in total. The van der Waals surface area contributed by atoms with E-state index < -0.39 is 0 Å². The van der Waals surface area contributed by atoms with Crippen molar-refractivity contribution in [2.24, 2.45) is 0 Å². The summed E-state index contributed by atoms with van der Waals surface area (Å²) in [6.07, 6.45) is 2.59. The summed E-state index contributed by atoms with van der Waals surface area (Å²) in [4.78, 5) is 0. The first-order chi connectivity index (χ1) is 4.00. The Labute approximate surface area is 54.8 Å². The predicted molar refractivity (Wildman–Crippen MR) is 37.4 cm³/mol. The van der Waals surface area contributed by atoms with E-state index in [0.717, 1.165) is 13.2 Å². The molecule has 8 heavy (non-hydrogen) atoms. The molecular weight excluding hydrogens is 120 g/mol. The van der Waals surface area contributed by atoms with Crippen molar-refractivity contribution >= 4 is 11.8 Å². The van der Waals surface area contributed by atoms with E-state index in [4.69, 9.17) is 4.74 Å². The highest BCUT2D eigenvalue weighted by Crippen LogP contribution is 2.07. The molecule has 1 heterocycles. The van der Waals surface area contributed by atoms with Gasteiger partial charge in [-0.15, -0.1) is 0 Å². The molecule has 0 aliphatic carbocycles. The SMILES string of the molecule is C1CCSCCOC1. The Bertz CT molecular complexity index is 32.5. The highest BCUT2D eigenvalue weighted by Gasteiger charge is 1.95. The van der Waals surface area contributed by atoms with Crippen LogP contribution in [0.15, 0.2) is 0 Å². The maximum atomic E-state index is 5.25. The minimum Gasteiger partial charge on any atom is -0.381 e. The minimum absolute atomic E-state index is 0.963. The Hall–Kier alpha value is 0.310. The number of thioether (sulfide) groups is 1. The Balaban J connectivity index is 2.00. The lowest BCUT2D eigenvalue weighted by Crippen LogP contribution is -2.03. The lowest BCUT2D eigenvalue weighted by Gasteiger charge is -2.07. The molecular formula is C6H12OS. The zero-order valence-electron chi connectivity index (χ0n) is 5.06. The van der Waals surface area contributed by atoms with Gasteiger partial charge in [0, 0.05) is 12.4 Å². The van der Waals surface area contributed by atoms with Gasteiger partial charge in [0.2, 0.25) is 0 Å². The van der Waals surface area contributed by atoms with Crippen LogP contribution >= 0.6 is 11.8 Å². The van der Waals surface area contributed by atoms with Crippen molar-refractivity contribution in [2.45, 2.75) is 12.8 Å². The Morgan fingerprint density at radius 1 is 1.00 bits per heavy atom. The van der Waals surface area contributed by atoms with Gasteiger partial charge in [-0.25, -0.2) is 0 Å². The molecule has 1 fully saturated rings. The molecule has 0 radical (unpaired) electrons. The summed E-state index contributed by atoms with van der Waals surface area (Å²) in [7, 11) is 0. The Kier molecular flexibility index (Phi) is 3.39. The molecule has 0 bridgehead atoms. The van der Waals surface area contributed by atoms with Gasteiger partial charge in [0.25, 0.3) is 0 Å². The zero-order chi connectivity index (χ0) is 5.66. The van der Waals surface area contributed by atoms with Gasteiger partial charge in [-0.2, -0.15) is 11.8 Å². The van der Waals surface area contributed by atoms with E-state index in [2.05, 4.69) is 0 Å². The maximum absolute atomic E-state index is 5.25. The van der Waals surface area contributed by atoms with Gasteiger partial charge >= 0.3 is 0 Å². The van der Waals surface area contributed by atoms with Crippen LogP contribution in [0.5, 0.6) is 0 Å². The van der Waals surface area contributed by atoms with Gasteiger partial charge < -0.3 is 4.74 Å². The number of ether oxygens (including phenoxy) is 1. The van der Waals surface area contributed by atoms with Crippen LogP contribution in [0, 0.1) is 0 Å². The van der Waals surface area contributed by atoms with Crippen LogP contribution in [0.25, 0.3) is 0 Å². The minimum atomic E-state index is 0.963. The van der Waals surface area contributed by atoms with Crippen molar-refractivity contribution in [2.75, 3.05) is 24.7 Å². The Morgan fingerprint density at radius 2 is 2.00 bits per heavy atom. The highest BCUT2D eigenvalue weighted by atomic mass is 32.2. The van der Waals surface area contributed by atoms with Crippen molar-refractivity contribution in [1.29, 1.82) is 0 Å². The summed E-state index contributed by atoms with van der Waals surface area (Å²) in [6.45, 7) is 1.95. The lowest BCUT2D eigenvalue weighted by molar-refractivity contribution is 0.145. The van der Waals surface area contributed by atoms with Crippen LogP contribution < -0.4 is 0 Å². The fraction of sp³-hybridized carbons (Fsp3) is 1.00. The van der Waals surface area contributed by atoms with Crippen LogP contribution in [0.2, 0.25) is 0 Å². The molecule has 0 aromatic rings. The highest BCUT2D eigenvalue weighted by molar-refractivity contribution is 7.99. The zero-order valence-corrected chi connectivity index (χ0v) is 5.88. The van der Waals surface area contributed by atoms with Crippen molar-refractivity contribution in [1.82, 2.24) is 0 Å². The summed E-state index contributed by atoms with van der Waals surface area (Å²) in [5, 5.41) is 0. The second-order valence-electron chi connectivity index (χ2n) is 1.93. The molecule has 1 rings (SSSR count). The van der Waals surface area contributed by atoms with Gasteiger partial charge in [-0.1, -0.05) is 0 Å². The molecule has 0 amide bonds. The Morgan fingerprint density at radius 3 is 3.00 bits per heavy atom. The second kappa shape index (κ2) is 4.21. The molecule has 1 nitrogen and oxygen atoms in total. The molecule has 0 spiro atoms. The molecule has 0 saturated carbocycles. The first-order valence-electron chi connectivity index (χ1n) is 3.15. The van der Waals surface area contributed by atoms with E-state index in [1.165, 1.54) is 24.3 Å². The van der Waals surface area contributed by atoms with E-state index in [1.807, 2.05) is 11.8 Å². The molecule has 0 aromatic heterocycles. The monoisotopic (exact) mass is 132 g/mol. The second-order valence-corrected chi connectivity index (χ2v) is 3.16. The van der Waals surface area contributed by atoms with Gasteiger partial charge in [0.05, 0.1) is 6.61 Å². The van der Waals surface area contributed by atoms with Gasteiger partial charge in [-0.3, -0.25) is 0 Å². The van der Waals surface area contributed by atoms with Gasteiger partial charge in [0.15, 0.2) is 0 Å². The largest absolute Gasteiger partial charge is 0.381 e. The molecule has 48 valence electrons. The van der Waals surface area contributed by atoms with Crippen molar-refractivity contribution in [3.63, 3.8) is 0 Å². The van der Waals surface area contributed by atoms with Crippen LogP contribution in [0.1, 0.15) is 12.8 Å². The van der Waals surface area contributed by atoms with Crippen LogP contribution in [-0.2, 0) is 4.74 Å². The fourth-order valence-corrected chi connectivity index (χ4v) is 1.58. The lowest BCUT2D eigenvalue weighted by atomic mass is 10.4. The van der Waals surface area contributed by atoms with Crippen LogP contribution in [-0.4, -0.2) is 24.7 Å². The predicted octanol–water partition coefficient (Wildman–Crippen LogP) is 1.53. The topological polar surface area (TPSA) is 9.23 Å². The van der Waals surface area contributed by atoms with E-state index in [0.29, 0.717) is 0 Å². The van der Waals surface area contributed by atoms with E-state index in [1.54, 1.807) is 0 Å². The molecule has 0 aromatic carbocycles. The average molecular weight is 132 g/mol. The first-order valence-corrected chi connectivity index (χ1v) is 4.31. The summed E-state index contributed by atoms with van der Waals surface area (Å²) < 4.78 is 5.25. The van der Waals surface area contributed by atoms with Gasteiger partial charge in [-0.05, 0) is 18.6 Å². The summed E-state index contributed by atoms with van der Waals surface area (Å²) in [6, 6.07) is 0. The molecule has 1 aliphatic heterocycles.